The molecule has 0 spiro atoms. The fourth-order valence-corrected chi connectivity index (χ4v) is 4.08. The van der Waals surface area contributed by atoms with E-state index < -0.39 is 0 Å². The van der Waals surface area contributed by atoms with E-state index >= 15 is 0 Å². The van der Waals surface area contributed by atoms with Crippen molar-refractivity contribution in [3.05, 3.63) is 22.4 Å². The van der Waals surface area contributed by atoms with Crippen molar-refractivity contribution in [2.24, 2.45) is 11.8 Å². The Morgan fingerprint density at radius 3 is 2.44 bits per heavy atom. The van der Waals surface area contributed by atoms with E-state index in [1.54, 1.807) is 0 Å². The molecule has 0 aliphatic heterocycles. The van der Waals surface area contributed by atoms with Crippen LogP contribution in [0.15, 0.2) is 17.5 Å². The third-order valence-corrected chi connectivity index (χ3v) is 5.27. The number of hydrogen-bond acceptors (Lipinski definition) is 2. The van der Waals surface area contributed by atoms with Gasteiger partial charge in [0.1, 0.15) is 0 Å². The van der Waals surface area contributed by atoms with Crippen LogP contribution in [0.3, 0.4) is 0 Å². The van der Waals surface area contributed by atoms with Gasteiger partial charge in [-0.05, 0) is 43.0 Å². The lowest BCUT2D eigenvalue weighted by Gasteiger charge is -2.33. The maximum atomic E-state index is 3.90. The summed E-state index contributed by atoms with van der Waals surface area (Å²) in [7, 11) is 0. The van der Waals surface area contributed by atoms with E-state index in [-0.39, 0.29) is 0 Å². The van der Waals surface area contributed by atoms with E-state index in [9.17, 15) is 0 Å². The Morgan fingerprint density at radius 2 is 1.89 bits per heavy atom. The zero-order chi connectivity index (χ0) is 13.0. The summed E-state index contributed by atoms with van der Waals surface area (Å²) in [4.78, 5) is 1.49. The highest BCUT2D eigenvalue weighted by Crippen LogP contribution is 2.31. The molecule has 1 fully saturated rings. The molecule has 102 valence electrons. The fourth-order valence-electron chi connectivity index (χ4n) is 3.12. The first-order valence-electron chi connectivity index (χ1n) is 7.48. The summed E-state index contributed by atoms with van der Waals surface area (Å²) >= 11 is 1.89. The Bertz CT molecular complexity index is 325. The van der Waals surface area contributed by atoms with Gasteiger partial charge in [0.2, 0.25) is 0 Å². The molecule has 0 radical (unpaired) electrons. The number of rotatable bonds is 5. The van der Waals surface area contributed by atoms with Gasteiger partial charge in [0.05, 0.1) is 0 Å². The first-order valence-corrected chi connectivity index (χ1v) is 8.36. The molecule has 1 N–H and O–H groups in total. The highest BCUT2D eigenvalue weighted by molar-refractivity contribution is 7.10. The summed E-state index contributed by atoms with van der Waals surface area (Å²) in [5.74, 6) is 1.55. The SMILES string of the molecule is CC(C)C(N[C@@H](C)C1CCCCC1)c1cccs1. The minimum atomic E-state index is 0.530. The van der Waals surface area contributed by atoms with Crippen molar-refractivity contribution >= 4 is 11.3 Å². The molecule has 0 saturated heterocycles. The Balaban J connectivity index is 1.96. The second kappa shape index (κ2) is 6.72. The van der Waals surface area contributed by atoms with Crippen molar-refractivity contribution in [1.29, 1.82) is 0 Å². The predicted octanol–water partition coefficient (Wildman–Crippen LogP) is 5.00. The summed E-state index contributed by atoms with van der Waals surface area (Å²) in [6, 6.07) is 5.62. The number of nitrogens with one attached hydrogen (secondary N) is 1. The predicted molar refractivity (Wildman–Crippen MR) is 81.1 cm³/mol. The summed E-state index contributed by atoms with van der Waals surface area (Å²) in [5.41, 5.74) is 0. The van der Waals surface area contributed by atoms with E-state index in [0.29, 0.717) is 18.0 Å². The lowest BCUT2D eigenvalue weighted by molar-refractivity contribution is 0.248. The van der Waals surface area contributed by atoms with Crippen LogP contribution in [0, 0.1) is 11.8 Å². The molecule has 2 heteroatoms. The van der Waals surface area contributed by atoms with Gasteiger partial charge in [0.15, 0.2) is 0 Å². The van der Waals surface area contributed by atoms with Gasteiger partial charge in [-0.1, -0.05) is 39.2 Å². The van der Waals surface area contributed by atoms with E-state index in [2.05, 4.69) is 43.6 Å². The quantitative estimate of drug-likeness (QED) is 0.789. The van der Waals surface area contributed by atoms with Crippen LogP contribution in [0.5, 0.6) is 0 Å². The second-order valence-electron chi connectivity index (χ2n) is 6.09. The van der Waals surface area contributed by atoms with Gasteiger partial charge in [-0.25, -0.2) is 0 Å². The zero-order valence-electron chi connectivity index (χ0n) is 12.0. The Morgan fingerprint density at radius 1 is 1.17 bits per heavy atom. The second-order valence-corrected chi connectivity index (χ2v) is 7.07. The maximum absolute atomic E-state index is 3.90. The van der Waals surface area contributed by atoms with E-state index in [0.717, 1.165) is 5.92 Å². The monoisotopic (exact) mass is 265 g/mol. The largest absolute Gasteiger partial charge is 0.306 e. The van der Waals surface area contributed by atoms with Crippen LogP contribution < -0.4 is 5.32 Å². The van der Waals surface area contributed by atoms with Crippen LogP contribution in [0.25, 0.3) is 0 Å². The molecule has 1 nitrogen and oxygen atoms in total. The van der Waals surface area contributed by atoms with Gasteiger partial charge in [-0.3, -0.25) is 0 Å². The summed E-state index contributed by atoms with van der Waals surface area (Å²) in [6.45, 7) is 7.04. The highest BCUT2D eigenvalue weighted by atomic mass is 32.1. The first-order chi connectivity index (χ1) is 8.68. The minimum absolute atomic E-state index is 0.530. The fraction of sp³-hybridized carbons (Fsp3) is 0.750. The molecule has 0 bridgehead atoms. The maximum Gasteiger partial charge on any atom is 0.0440 e. The van der Waals surface area contributed by atoms with Crippen molar-refractivity contribution < 1.29 is 0 Å². The Labute approximate surface area is 116 Å². The third-order valence-electron chi connectivity index (χ3n) is 4.32. The molecule has 18 heavy (non-hydrogen) atoms. The Kier molecular flexibility index (Phi) is 5.25. The van der Waals surface area contributed by atoms with Crippen molar-refractivity contribution in [2.75, 3.05) is 0 Å². The van der Waals surface area contributed by atoms with E-state index in [1.807, 2.05) is 11.3 Å². The Hall–Kier alpha value is -0.340. The lowest BCUT2D eigenvalue weighted by atomic mass is 9.84. The molecule has 2 atom stereocenters. The van der Waals surface area contributed by atoms with Crippen LogP contribution in [-0.2, 0) is 0 Å². The average Bonchev–Trinajstić information content (AvgIpc) is 2.90. The number of hydrogen-bond donors (Lipinski definition) is 1. The van der Waals surface area contributed by atoms with Crippen LogP contribution >= 0.6 is 11.3 Å². The summed E-state index contributed by atoms with van der Waals surface area (Å²) in [6.07, 6.45) is 7.15. The van der Waals surface area contributed by atoms with Crippen LogP contribution in [-0.4, -0.2) is 6.04 Å². The molecule has 1 aliphatic carbocycles. The molecular weight excluding hydrogens is 238 g/mol. The normalized spacial score (nSPS) is 21.1. The molecule has 0 aromatic carbocycles. The molecule has 1 saturated carbocycles. The molecule has 1 aliphatic rings. The molecule has 1 aromatic rings. The van der Waals surface area contributed by atoms with Crippen molar-refractivity contribution in [3.63, 3.8) is 0 Å². The van der Waals surface area contributed by atoms with Crippen molar-refractivity contribution in [3.8, 4) is 0 Å². The molecular formula is C16H27NS. The highest BCUT2D eigenvalue weighted by Gasteiger charge is 2.24. The van der Waals surface area contributed by atoms with E-state index in [1.165, 1.54) is 37.0 Å². The van der Waals surface area contributed by atoms with Gasteiger partial charge < -0.3 is 5.32 Å². The van der Waals surface area contributed by atoms with Crippen LogP contribution in [0.2, 0.25) is 0 Å². The van der Waals surface area contributed by atoms with Crippen molar-refractivity contribution in [1.82, 2.24) is 5.32 Å². The van der Waals surface area contributed by atoms with E-state index in [4.69, 9.17) is 0 Å². The summed E-state index contributed by atoms with van der Waals surface area (Å²) in [5, 5.41) is 6.09. The molecule has 1 unspecified atom stereocenters. The molecule has 2 rings (SSSR count). The first kappa shape index (κ1) is 14.1. The minimum Gasteiger partial charge on any atom is -0.306 e. The van der Waals surface area contributed by atoms with Crippen LogP contribution in [0.4, 0.5) is 0 Å². The molecule has 1 heterocycles. The van der Waals surface area contributed by atoms with Crippen molar-refractivity contribution in [2.45, 2.75) is 65.0 Å². The van der Waals surface area contributed by atoms with Gasteiger partial charge >= 0.3 is 0 Å². The van der Waals surface area contributed by atoms with Gasteiger partial charge in [0, 0.05) is 17.0 Å². The summed E-state index contributed by atoms with van der Waals surface area (Å²) < 4.78 is 0. The molecule has 1 aromatic heterocycles. The average molecular weight is 265 g/mol. The molecule has 0 amide bonds. The third kappa shape index (κ3) is 3.58. The zero-order valence-corrected chi connectivity index (χ0v) is 12.8. The van der Waals surface area contributed by atoms with Gasteiger partial charge in [-0.15, -0.1) is 11.3 Å². The smallest absolute Gasteiger partial charge is 0.0440 e. The lowest BCUT2D eigenvalue weighted by Crippen LogP contribution is -2.38. The number of thiophene rings is 1. The van der Waals surface area contributed by atoms with Gasteiger partial charge in [-0.2, -0.15) is 0 Å². The van der Waals surface area contributed by atoms with Gasteiger partial charge in [0.25, 0.3) is 0 Å². The topological polar surface area (TPSA) is 12.0 Å². The van der Waals surface area contributed by atoms with Crippen LogP contribution in [0.1, 0.15) is 63.8 Å². The standard InChI is InChI=1S/C16H27NS/c1-12(2)16(15-10-7-11-18-15)17-13(3)14-8-5-4-6-9-14/h7,10-14,16-17H,4-6,8-9H2,1-3H3/t13-,16?/m0/s1.